The highest BCUT2D eigenvalue weighted by Gasteiger charge is 2.23. The minimum absolute atomic E-state index is 0.0818. The number of aromatic nitrogens is 3. The van der Waals surface area contributed by atoms with E-state index in [1.807, 2.05) is 13.8 Å². The van der Waals surface area contributed by atoms with Gasteiger partial charge in [0.05, 0.1) is 5.69 Å². The third-order valence-electron chi connectivity index (χ3n) is 4.23. The van der Waals surface area contributed by atoms with Crippen LogP contribution in [0, 0.1) is 13.8 Å². The molecule has 118 valence electrons. The van der Waals surface area contributed by atoms with E-state index in [1.54, 1.807) is 12.3 Å². The number of rotatable bonds is 4. The first-order chi connectivity index (χ1) is 10.6. The van der Waals surface area contributed by atoms with Gasteiger partial charge >= 0.3 is 0 Å². The van der Waals surface area contributed by atoms with E-state index >= 15 is 0 Å². The molecular weight excluding hydrogens is 282 g/mol. The van der Waals surface area contributed by atoms with Crippen molar-refractivity contribution in [1.29, 1.82) is 0 Å². The third kappa shape index (κ3) is 3.19. The Morgan fingerprint density at radius 1 is 1.45 bits per heavy atom. The molecule has 3 rings (SSSR count). The fourth-order valence-corrected chi connectivity index (χ4v) is 2.83. The molecule has 1 amide bonds. The number of H-pyrrole nitrogens is 1. The number of nitrogens with one attached hydrogen (secondary N) is 2. The van der Waals surface area contributed by atoms with E-state index in [0.29, 0.717) is 5.69 Å². The summed E-state index contributed by atoms with van der Waals surface area (Å²) in [6, 6.07) is 1.90. The van der Waals surface area contributed by atoms with Gasteiger partial charge in [-0.2, -0.15) is 5.10 Å². The summed E-state index contributed by atoms with van der Waals surface area (Å²) in [6.07, 6.45) is 3.48. The number of carbonyl (C=O) groups excluding carboxylic acids is 1. The Kier molecular flexibility index (Phi) is 4.24. The summed E-state index contributed by atoms with van der Waals surface area (Å²) in [5.74, 6) is 0.814. The topological polar surface area (TPSA) is 87.1 Å². The molecule has 0 unspecified atom stereocenters. The number of hydrogen-bond donors (Lipinski definition) is 2. The molecule has 2 aromatic rings. The first kappa shape index (κ1) is 14.8. The van der Waals surface area contributed by atoms with Crippen molar-refractivity contribution in [2.45, 2.75) is 39.3 Å². The van der Waals surface area contributed by atoms with Crippen LogP contribution in [0.1, 0.15) is 40.3 Å². The van der Waals surface area contributed by atoms with Crippen molar-refractivity contribution in [3.8, 4) is 0 Å². The molecule has 0 aromatic carbocycles. The van der Waals surface area contributed by atoms with E-state index < -0.39 is 0 Å². The van der Waals surface area contributed by atoms with E-state index in [-0.39, 0.29) is 11.9 Å². The lowest BCUT2D eigenvalue weighted by Gasteiger charge is -2.32. The Bertz CT molecular complexity index is 607. The van der Waals surface area contributed by atoms with E-state index in [9.17, 15) is 4.79 Å². The maximum absolute atomic E-state index is 12.0. The molecule has 3 heterocycles. The normalized spacial score (nSPS) is 16.8. The molecule has 7 nitrogen and oxygen atoms in total. The summed E-state index contributed by atoms with van der Waals surface area (Å²) >= 11 is 0. The number of hydrogen-bond acceptors (Lipinski definition) is 5. The maximum Gasteiger partial charge on any atom is 0.269 e. The highest BCUT2D eigenvalue weighted by molar-refractivity contribution is 5.92. The van der Waals surface area contributed by atoms with Gasteiger partial charge in [-0.3, -0.25) is 14.8 Å². The molecule has 1 aliphatic rings. The molecule has 0 spiro atoms. The van der Waals surface area contributed by atoms with Crippen LogP contribution in [-0.2, 0) is 6.54 Å². The smallest absolute Gasteiger partial charge is 0.269 e. The van der Waals surface area contributed by atoms with Crippen LogP contribution in [0.2, 0.25) is 0 Å². The molecule has 0 bridgehead atoms. The van der Waals surface area contributed by atoms with Gasteiger partial charge in [0, 0.05) is 37.4 Å². The molecule has 0 atom stereocenters. The number of carbonyl (C=O) groups is 1. The summed E-state index contributed by atoms with van der Waals surface area (Å²) < 4.78 is 5.21. The molecule has 2 aromatic heterocycles. The lowest BCUT2D eigenvalue weighted by Crippen LogP contribution is -2.44. The summed E-state index contributed by atoms with van der Waals surface area (Å²) in [7, 11) is 0. The lowest BCUT2D eigenvalue weighted by atomic mass is 10.0. The first-order valence-electron chi connectivity index (χ1n) is 7.58. The number of aryl methyl sites for hydroxylation is 2. The number of amides is 1. The predicted octanol–water partition coefficient (Wildman–Crippen LogP) is 1.41. The van der Waals surface area contributed by atoms with Crippen molar-refractivity contribution >= 4 is 5.91 Å². The van der Waals surface area contributed by atoms with Gasteiger partial charge in [0.1, 0.15) is 11.5 Å². The van der Waals surface area contributed by atoms with E-state index in [2.05, 4.69) is 25.6 Å². The van der Waals surface area contributed by atoms with Crippen molar-refractivity contribution < 1.29 is 9.32 Å². The summed E-state index contributed by atoms with van der Waals surface area (Å²) in [5, 5.41) is 13.5. The zero-order valence-corrected chi connectivity index (χ0v) is 12.9. The minimum atomic E-state index is -0.0818. The van der Waals surface area contributed by atoms with Crippen molar-refractivity contribution in [2.75, 3.05) is 13.1 Å². The molecule has 7 heteroatoms. The van der Waals surface area contributed by atoms with Crippen molar-refractivity contribution in [3.63, 3.8) is 0 Å². The highest BCUT2D eigenvalue weighted by atomic mass is 16.5. The SMILES string of the molecule is Cc1noc(C)c1CN1CCC(NC(=O)c2ccn[nH]2)CC1. The van der Waals surface area contributed by atoms with Crippen LogP contribution in [0.15, 0.2) is 16.8 Å². The first-order valence-corrected chi connectivity index (χ1v) is 7.58. The Morgan fingerprint density at radius 3 is 2.82 bits per heavy atom. The van der Waals surface area contributed by atoms with Gasteiger partial charge in [0.15, 0.2) is 0 Å². The van der Waals surface area contributed by atoms with Crippen molar-refractivity contribution in [1.82, 2.24) is 25.6 Å². The van der Waals surface area contributed by atoms with Gasteiger partial charge in [-0.15, -0.1) is 0 Å². The number of piperidine rings is 1. The van der Waals surface area contributed by atoms with Gasteiger partial charge < -0.3 is 9.84 Å². The Hall–Kier alpha value is -2.15. The molecule has 2 N–H and O–H groups in total. The van der Waals surface area contributed by atoms with E-state index in [4.69, 9.17) is 4.52 Å². The quantitative estimate of drug-likeness (QED) is 0.891. The summed E-state index contributed by atoms with van der Waals surface area (Å²) in [6.45, 7) is 6.70. The largest absolute Gasteiger partial charge is 0.361 e. The number of aromatic amines is 1. The van der Waals surface area contributed by atoms with Crippen molar-refractivity contribution in [2.24, 2.45) is 0 Å². The van der Waals surface area contributed by atoms with Gasteiger partial charge in [-0.25, -0.2) is 0 Å². The number of likely N-dealkylation sites (tertiary alicyclic amines) is 1. The second-order valence-corrected chi connectivity index (χ2v) is 5.80. The summed E-state index contributed by atoms with van der Waals surface area (Å²) in [5.41, 5.74) is 2.66. The molecule has 0 aliphatic carbocycles. The average molecular weight is 303 g/mol. The van der Waals surface area contributed by atoms with Crippen LogP contribution in [0.3, 0.4) is 0 Å². The Labute approximate surface area is 129 Å². The zero-order valence-electron chi connectivity index (χ0n) is 12.9. The fourth-order valence-electron chi connectivity index (χ4n) is 2.83. The van der Waals surface area contributed by atoms with Crippen LogP contribution in [0.4, 0.5) is 0 Å². The molecule has 22 heavy (non-hydrogen) atoms. The molecular formula is C15H21N5O2. The minimum Gasteiger partial charge on any atom is -0.361 e. The van der Waals surface area contributed by atoms with Crippen LogP contribution < -0.4 is 5.32 Å². The highest BCUT2D eigenvalue weighted by Crippen LogP contribution is 2.18. The second-order valence-electron chi connectivity index (χ2n) is 5.80. The van der Waals surface area contributed by atoms with Gasteiger partial charge in [-0.05, 0) is 32.8 Å². The second kappa shape index (κ2) is 6.31. The Balaban J connectivity index is 1.49. The molecule has 1 fully saturated rings. The van der Waals surface area contributed by atoms with Crippen LogP contribution >= 0.6 is 0 Å². The Morgan fingerprint density at radius 2 is 2.23 bits per heavy atom. The molecule has 1 aliphatic heterocycles. The maximum atomic E-state index is 12.0. The van der Waals surface area contributed by atoms with Crippen LogP contribution in [0.25, 0.3) is 0 Å². The third-order valence-corrected chi connectivity index (χ3v) is 4.23. The molecule has 0 saturated carbocycles. The molecule has 1 saturated heterocycles. The van der Waals surface area contributed by atoms with Crippen molar-refractivity contribution in [3.05, 3.63) is 35.0 Å². The molecule has 0 radical (unpaired) electrons. The van der Waals surface area contributed by atoms with Crippen LogP contribution in [0.5, 0.6) is 0 Å². The standard InChI is InChI=1S/C15H21N5O2/c1-10-13(11(2)22-19-10)9-20-7-4-12(5-8-20)17-15(21)14-3-6-16-18-14/h3,6,12H,4-5,7-9H2,1-2H3,(H,16,18)(H,17,21). The van der Waals surface area contributed by atoms with Gasteiger partial charge in [0.2, 0.25) is 0 Å². The predicted molar refractivity (Wildman–Crippen MR) is 80.3 cm³/mol. The van der Waals surface area contributed by atoms with Crippen LogP contribution in [-0.4, -0.2) is 45.3 Å². The average Bonchev–Trinajstić information content (AvgIpc) is 3.15. The van der Waals surface area contributed by atoms with Gasteiger partial charge in [-0.1, -0.05) is 5.16 Å². The zero-order chi connectivity index (χ0) is 15.5. The van der Waals surface area contributed by atoms with E-state index in [0.717, 1.165) is 43.9 Å². The lowest BCUT2D eigenvalue weighted by molar-refractivity contribution is 0.0904. The van der Waals surface area contributed by atoms with Gasteiger partial charge in [0.25, 0.3) is 5.91 Å². The fraction of sp³-hybridized carbons (Fsp3) is 0.533. The summed E-state index contributed by atoms with van der Waals surface area (Å²) in [4.78, 5) is 14.4. The van der Waals surface area contributed by atoms with E-state index in [1.165, 1.54) is 5.56 Å². The monoisotopic (exact) mass is 303 g/mol. The number of nitrogens with zero attached hydrogens (tertiary/aromatic N) is 3.